The first-order chi connectivity index (χ1) is 11.0. The van der Waals surface area contributed by atoms with Gasteiger partial charge in [0.1, 0.15) is 0 Å². The van der Waals surface area contributed by atoms with Crippen molar-refractivity contribution in [3.8, 4) is 22.6 Å². The molecule has 2 aromatic carbocycles. The number of anilines is 1. The molecule has 0 atom stereocenters. The van der Waals surface area contributed by atoms with E-state index in [-0.39, 0.29) is 0 Å². The van der Waals surface area contributed by atoms with Crippen molar-refractivity contribution in [3.05, 3.63) is 42.5 Å². The molecule has 0 saturated heterocycles. The number of rotatable bonds is 4. The fourth-order valence-electron chi connectivity index (χ4n) is 1.89. The normalized spacial score (nSPS) is 12.1. The van der Waals surface area contributed by atoms with Crippen molar-refractivity contribution in [2.24, 2.45) is 0 Å². The summed E-state index contributed by atoms with van der Waals surface area (Å²) in [5, 5.41) is 0. The summed E-state index contributed by atoms with van der Waals surface area (Å²) >= 11 is 0. The van der Waals surface area contributed by atoms with E-state index in [4.69, 9.17) is 5.73 Å². The van der Waals surface area contributed by atoms with E-state index in [1.807, 2.05) is 0 Å². The predicted octanol–water partition coefficient (Wildman–Crippen LogP) is 4.78. The molecule has 130 valence electrons. The van der Waals surface area contributed by atoms with Crippen LogP contribution in [0.5, 0.6) is 11.5 Å². The second-order valence-corrected chi connectivity index (χ2v) is 4.74. The average Bonchev–Trinajstić information content (AvgIpc) is 2.43. The smallest absolute Gasteiger partial charge is 0.480 e. The van der Waals surface area contributed by atoms with E-state index in [2.05, 4.69) is 9.47 Å². The third kappa shape index (κ3) is 5.25. The Kier molecular flexibility index (Phi) is 4.81. The minimum Gasteiger partial charge on any atom is -0.480 e. The van der Waals surface area contributed by atoms with Gasteiger partial charge < -0.3 is 15.2 Å². The molecule has 3 nitrogen and oxygen atoms in total. The molecule has 0 aliphatic rings. The summed E-state index contributed by atoms with van der Waals surface area (Å²) < 4.78 is 82.1. The molecule has 2 aromatic rings. The summed E-state index contributed by atoms with van der Waals surface area (Å²) in [7, 11) is 0. The maximum Gasteiger partial charge on any atom is 0.573 e. The molecular formula is C15H11F6NO2. The van der Waals surface area contributed by atoms with E-state index in [9.17, 15) is 26.3 Å². The minimum absolute atomic E-state index is 0.328. The molecule has 24 heavy (non-hydrogen) atoms. The predicted molar refractivity (Wildman–Crippen MR) is 74.5 cm³/mol. The summed E-state index contributed by atoms with van der Waals surface area (Å²) in [5.74, 6) is -1.54. The van der Waals surface area contributed by atoms with Crippen LogP contribution in [0.15, 0.2) is 42.5 Å². The first-order valence-corrected chi connectivity index (χ1v) is 6.49. The van der Waals surface area contributed by atoms with Crippen molar-refractivity contribution in [1.29, 1.82) is 0 Å². The van der Waals surface area contributed by atoms with Crippen molar-refractivity contribution in [1.82, 2.24) is 0 Å². The summed E-state index contributed by atoms with van der Waals surface area (Å²) in [6.07, 6.45) is -9.77. The van der Waals surface area contributed by atoms with Gasteiger partial charge in [-0.25, -0.2) is 0 Å². The Labute approximate surface area is 132 Å². The number of halogens is 6. The number of benzene rings is 2. The van der Waals surface area contributed by atoms with Gasteiger partial charge in [-0.1, -0.05) is 18.2 Å². The van der Waals surface area contributed by atoms with Gasteiger partial charge in [0.15, 0.2) is 18.1 Å². The summed E-state index contributed by atoms with van der Waals surface area (Å²) in [6, 6.07) is 9.49. The van der Waals surface area contributed by atoms with Gasteiger partial charge >= 0.3 is 12.5 Å². The standard InChI is InChI=1S/C15H11F6NO2/c16-14(17,18)8-23-13-7-10(9-2-1-3-11(22)6-9)4-5-12(13)24-15(19,20)21/h1-7H,8,22H2. The van der Waals surface area contributed by atoms with Crippen LogP contribution in [0.25, 0.3) is 11.1 Å². The highest BCUT2D eigenvalue weighted by Gasteiger charge is 2.34. The maximum absolute atomic E-state index is 12.4. The van der Waals surface area contributed by atoms with Gasteiger partial charge in [0.25, 0.3) is 0 Å². The van der Waals surface area contributed by atoms with Crippen molar-refractivity contribution in [2.75, 3.05) is 12.3 Å². The van der Waals surface area contributed by atoms with Crippen LogP contribution in [-0.4, -0.2) is 19.1 Å². The van der Waals surface area contributed by atoms with Crippen LogP contribution in [0.4, 0.5) is 32.0 Å². The van der Waals surface area contributed by atoms with E-state index in [0.29, 0.717) is 16.8 Å². The molecule has 0 fully saturated rings. The van der Waals surface area contributed by atoms with Crippen molar-refractivity contribution >= 4 is 5.69 Å². The Morgan fingerprint density at radius 2 is 1.50 bits per heavy atom. The highest BCUT2D eigenvalue weighted by atomic mass is 19.4. The largest absolute Gasteiger partial charge is 0.573 e. The lowest BCUT2D eigenvalue weighted by Gasteiger charge is -2.16. The first kappa shape index (κ1) is 17.8. The van der Waals surface area contributed by atoms with E-state index in [1.165, 1.54) is 12.1 Å². The molecule has 0 unspecified atom stereocenters. The fourth-order valence-corrected chi connectivity index (χ4v) is 1.89. The zero-order valence-electron chi connectivity index (χ0n) is 11.9. The molecule has 0 aliphatic heterocycles. The number of hydrogen-bond acceptors (Lipinski definition) is 3. The van der Waals surface area contributed by atoms with Crippen LogP contribution in [0.3, 0.4) is 0 Å². The quantitative estimate of drug-likeness (QED) is 0.637. The maximum atomic E-state index is 12.4. The molecule has 0 amide bonds. The Morgan fingerprint density at radius 1 is 0.833 bits per heavy atom. The van der Waals surface area contributed by atoms with Crippen LogP contribution >= 0.6 is 0 Å². The van der Waals surface area contributed by atoms with Gasteiger partial charge in [-0.3, -0.25) is 0 Å². The highest BCUT2D eigenvalue weighted by molar-refractivity contribution is 5.70. The number of ether oxygens (including phenoxy) is 2. The molecule has 0 radical (unpaired) electrons. The molecule has 9 heteroatoms. The second kappa shape index (κ2) is 6.50. The first-order valence-electron chi connectivity index (χ1n) is 6.49. The highest BCUT2D eigenvalue weighted by Crippen LogP contribution is 2.37. The average molecular weight is 351 g/mol. The fraction of sp³-hybridized carbons (Fsp3) is 0.200. The van der Waals surface area contributed by atoms with Crippen LogP contribution in [0.2, 0.25) is 0 Å². The van der Waals surface area contributed by atoms with Crippen molar-refractivity contribution < 1.29 is 35.8 Å². The zero-order valence-corrected chi connectivity index (χ0v) is 11.9. The number of nitrogens with two attached hydrogens (primary N) is 1. The molecule has 0 saturated carbocycles. The third-order valence-corrected chi connectivity index (χ3v) is 2.78. The Bertz CT molecular complexity index is 712. The van der Waals surface area contributed by atoms with E-state index >= 15 is 0 Å². The molecule has 2 rings (SSSR count). The van der Waals surface area contributed by atoms with Crippen LogP contribution in [-0.2, 0) is 0 Å². The summed E-state index contributed by atoms with van der Waals surface area (Å²) in [5.41, 5.74) is 6.83. The SMILES string of the molecule is Nc1cccc(-c2ccc(OC(F)(F)F)c(OCC(F)(F)F)c2)c1. The molecule has 0 spiro atoms. The number of alkyl halides is 6. The molecular weight excluding hydrogens is 340 g/mol. The van der Waals surface area contributed by atoms with Gasteiger partial charge in [-0.05, 0) is 35.4 Å². The van der Waals surface area contributed by atoms with Crippen molar-refractivity contribution in [3.63, 3.8) is 0 Å². The lowest BCUT2D eigenvalue weighted by atomic mass is 10.0. The topological polar surface area (TPSA) is 44.5 Å². The van der Waals surface area contributed by atoms with Crippen LogP contribution in [0.1, 0.15) is 0 Å². The Hall–Kier alpha value is -2.58. The Morgan fingerprint density at radius 3 is 2.08 bits per heavy atom. The second-order valence-electron chi connectivity index (χ2n) is 4.74. The van der Waals surface area contributed by atoms with Gasteiger partial charge in [0, 0.05) is 5.69 Å². The third-order valence-electron chi connectivity index (χ3n) is 2.78. The van der Waals surface area contributed by atoms with Gasteiger partial charge in [0.05, 0.1) is 0 Å². The van der Waals surface area contributed by atoms with Crippen molar-refractivity contribution in [2.45, 2.75) is 12.5 Å². The molecule has 2 N–H and O–H groups in total. The van der Waals surface area contributed by atoms with Gasteiger partial charge in [-0.2, -0.15) is 13.2 Å². The zero-order chi connectivity index (χ0) is 18.0. The van der Waals surface area contributed by atoms with Crippen LogP contribution < -0.4 is 15.2 Å². The minimum atomic E-state index is -5.06. The molecule has 0 heterocycles. The van der Waals surface area contributed by atoms with E-state index in [0.717, 1.165) is 12.1 Å². The lowest BCUT2D eigenvalue weighted by molar-refractivity contribution is -0.275. The van der Waals surface area contributed by atoms with Crippen LogP contribution in [0, 0.1) is 0 Å². The summed E-state index contributed by atoms with van der Waals surface area (Å²) in [6.45, 7) is -1.75. The number of nitrogen functional groups attached to an aromatic ring is 1. The van der Waals surface area contributed by atoms with Gasteiger partial charge in [-0.15, -0.1) is 13.2 Å². The molecule has 0 aromatic heterocycles. The van der Waals surface area contributed by atoms with E-state index < -0.39 is 30.6 Å². The Balaban J connectivity index is 2.39. The lowest BCUT2D eigenvalue weighted by Crippen LogP contribution is -2.21. The monoisotopic (exact) mass is 351 g/mol. The molecule has 0 bridgehead atoms. The molecule has 0 aliphatic carbocycles. The summed E-state index contributed by atoms with van der Waals surface area (Å²) in [4.78, 5) is 0. The van der Waals surface area contributed by atoms with E-state index in [1.54, 1.807) is 18.2 Å². The number of hydrogen-bond donors (Lipinski definition) is 1. The van der Waals surface area contributed by atoms with Gasteiger partial charge in [0.2, 0.25) is 0 Å².